The molecule has 0 saturated carbocycles. The van der Waals surface area contributed by atoms with Gasteiger partial charge in [0.25, 0.3) is 0 Å². The molecule has 1 aromatic rings. The minimum absolute atomic E-state index is 0.191. The number of hydrogen-bond acceptors (Lipinski definition) is 2. The molecule has 0 aromatic heterocycles. The molecule has 1 fully saturated rings. The first-order valence-corrected chi connectivity index (χ1v) is 6.87. The van der Waals surface area contributed by atoms with E-state index in [4.69, 9.17) is 0 Å². The van der Waals surface area contributed by atoms with Gasteiger partial charge in [0.15, 0.2) is 0 Å². The van der Waals surface area contributed by atoms with E-state index < -0.39 is 0 Å². The molecule has 1 aliphatic rings. The van der Waals surface area contributed by atoms with Crippen molar-refractivity contribution in [3.8, 4) is 0 Å². The second-order valence-electron chi connectivity index (χ2n) is 6.73. The molecule has 0 unspecified atom stereocenters. The lowest BCUT2D eigenvalue weighted by Gasteiger charge is -2.40. The predicted molar refractivity (Wildman–Crippen MR) is 79.4 cm³/mol. The van der Waals surface area contributed by atoms with Gasteiger partial charge in [0.05, 0.1) is 11.0 Å². The van der Waals surface area contributed by atoms with E-state index in [1.54, 1.807) is 0 Å². The van der Waals surface area contributed by atoms with Crippen molar-refractivity contribution in [3.05, 3.63) is 29.8 Å². The highest BCUT2D eigenvalue weighted by molar-refractivity contribution is 5.99. The largest absolute Gasteiger partial charge is 0.313 e. The molecule has 104 valence electrons. The van der Waals surface area contributed by atoms with E-state index in [9.17, 15) is 4.79 Å². The number of carbonyl (C=O) groups is 1. The first-order valence-electron chi connectivity index (χ1n) is 6.87. The molecule has 0 bridgehead atoms. The van der Waals surface area contributed by atoms with Crippen LogP contribution >= 0.6 is 0 Å². The summed E-state index contributed by atoms with van der Waals surface area (Å²) < 4.78 is 0. The maximum absolute atomic E-state index is 12.9. The molecule has 1 aromatic carbocycles. The van der Waals surface area contributed by atoms with Crippen LogP contribution in [0, 0.1) is 12.3 Å². The Hall–Kier alpha value is -1.35. The van der Waals surface area contributed by atoms with Crippen LogP contribution in [0.15, 0.2) is 24.3 Å². The first kappa shape index (κ1) is 14.1. The molecule has 1 heterocycles. The number of benzene rings is 1. The molecule has 1 N–H and O–H groups in total. The molecule has 3 nitrogen and oxygen atoms in total. The number of para-hydroxylation sites is 1. The van der Waals surface area contributed by atoms with Crippen LogP contribution in [0.3, 0.4) is 0 Å². The van der Waals surface area contributed by atoms with Crippen LogP contribution in [0.25, 0.3) is 0 Å². The number of rotatable bonds is 1. The number of amides is 1. The number of nitrogens with zero attached hydrogens (tertiary/aromatic N) is 1. The minimum atomic E-state index is -0.379. The topological polar surface area (TPSA) is 32.3 Å². The summed E-state index contributed by atoms with van der Waals surface area (Å²) in [6, 6.07) is 8.11. The standard InChI is InChI=1S/C16H24N2O/c1-12-8-6-7-9-13(12)18-14(19)15(2,3)10-17-11-16(18,4)5/h6-9,17H,10-11H2,1-5H3. The third-order valence-electron chi connectivity index (χ3n) is 3.87. The molecule has 0 aliphatic carbocycles. The SMILES string of the molecule is Cc1ccccc1N1C(=O)C(C)(C)CNCC1(C)C. The Balaban J connectivity index is 2.55. The van der Waals surface area contributed by atoms with Gasteiger partial charge in [-0.3, -0.25) is 4.79 Å². The lowest BCUT2D eigenvalue weighted by Crippen LogP contribution is -2.53. The molecule has 1 aliphatic heterocycles. The smallest absolute Gasteiger partial charge is 0.234 e. The Morgan fingerprint density at radius 2 is 1.74 bits per heavy atom. The lowest BCUT2D eigenvalue weighted by molar-refractivity contribution is -0.126. The highest BCUT2D eigenvalue weighted by atomic mass is 16.2. The monoisotopic (exact) mass is 260 g/mol. The quantitative estimate of drug-likeness (QED) is 0.842. The summed E-state index contributed by atoms with van der Waals surface area (Å²) >= 11 is 0. The Labute approximate surface area is 116 Å². The van der Waals surface area contributed by atoms with Gasteiger partial charge in [-0.2, -0.15) is 0 Å². The number of nitrogens with one attached hydrogen (secondary N) is 1. The summed E-state index contributed by atoms with van der Waals surface area (Å²) in [4.78, 5) is 14.9. The van der Waals surface area contributed by atoms with E-state index in [2.05, 4.69) is 32.2 Å². The van der Waals surface area contributed by atoms with Gasteiger partial charge >= 0.3 is 0 Å². The summed E-state index contributed by atoms with van der Waals surface area (Å²) in [5.74, 6) is 0.191. The lowest BCUT2D eigenvalue weighted by atomic mass is 9.90. The maximum Gasteiger partial charge on any atom is 0.234 e. The summed E-state index contributed by atoms with van der Waals surface area (Å²) in [5.41, 5.74) is 1.56. The average Bonchev–Trinajstić information content (AvgIpc) is 2.37. The van der Waals surface area contributed by atoms with Crippen molar-refractivity contribution in [3.63, 3.8) is 0 Å². The number of hydrogen-bond donors (Lipinski definition) is 1. The van der Waals surface area contributed by atoms with Crippen molar-refractivity contribution in [1.29, 1.82) is 0 Å². The van der Waals surface area contributed by atoms with Gasteiger partial charge in [-0.25, -0.2) is 0 Å². The second kappa shape index (κ2) is 4.64. The van der Waals surface area contributed by atoms with Gasteiger partial charge in [-0.05, 0) is 46.2 Å². The maximum atomic E-state index is 12.9. The Morgan fingerprint density at radius 1 is 1.11 bits per heavy atom. The zero-order valence-electron chi connectivity index (χ0n) is 12.6. The van der Waals surface area contributed by atoms with Gasteiger partial charge in [0, 0.05) is 18.8 Å². The molecule has 0 spiro atoms. The third kappa shape index (κ3) is 2.52. The van der Waals surface area contributed by atoms with E-state index >= 15 is 0 Å². The minimum Gasteiger partial charge on any atom is -0.313 e. The molecule has 0 radical (unpaired) electrons. The first-order chi connectivity index (χ1) is 8.76. The van der Waals surface area contributed by atoms with Gasteiger partial charge in [0.1, 0.15) is 0 Å². The molecule has 2 rings (SSSR count). The highest BCUT2D eigenvalue weighted by Crippen LogP contribution is 2.33. The molecule has 0 atom stereocenters. The number of carbonyl (C=O) groups excluding carboxylic acids is 1. The van der Waals surface area contributed by atoms with Crippen LogP contribution < -0.4 is 10.2 Å². The Kier molecular flexibility index (Phi) is 3.43. The zero-order chi connectivity index (χ0) is 14.3. The van der Waals surface area contributed by atoms with E-state index in [1.807, 2.05) is 36.9 Å². The van der Waals surface area contributed by atoms with E-state index in [-0.39, 0.29) is 16.9 Å². The molecule has 1 amide bonds. The van der Waals surface area contributed by atoms with Crippen molar-refractivity contribution in [1.82, 2.24) is 5.32 Å². The average molecular weight is 260 g/mol. The summed E-state index contributed by atoms with van der Waals surface area (Å²) in [5, 5.41) is 3.41. The van der Waals surface area contributed by atoms with Crippen molar-refractivity contribution in [2.45, 2.75) is 40.2 Å². The zero-order valence-corrected chi connectivity index (χ0v) is 12.6. The van der Waals surface area contributed by atoms with Crippen LogP contribution in [0.4, 0.5) is 5.69 Å². The second-order valence-corrected chi connectivity index (χ2v) is 6.73. The highest BCUT2D eigenvalue weighted by Gasteiger charge is 2.43. The fraction of sp³-hybridized carbons (Fsp3) is 0.562. The summed E-state index contributed by atoms with van der Waals surface area (Å²) in [6.07, 6.45) is 0. The van der Waals surface area contributed by atoms with E-state index in [0.29, 0.717) is 0 Å². The van der Waals surface area contributed by atoms with E-state index in [0.717, 1.165) is 24.3 Å². The summed E-state index contributed by atoms with van der Waals surface area (Å²) in [6.45, 7) is 11.8. The Bertz CT molecular complexity index is 491. The Morgan fingerprint density at radius 3 is 2.37 bits per heavy atom. The van der Waals surface area contributed by atoms with E-state index in [1.165, 1.54) is 0 Å². The fourth-order valence-corrected chi connectivity index (χ4v) is 2.66. The van der Waals surface area contributed by atoms with Gasteiger partial charge in [-0.1, -0.05) is 18.2 Å². The van der Waals surface area contributed by atoms with Crippen LogP contribution in [-0.4, -0.2) is 24.5 Å². The van der Waals surface area contributed by atoms with Gasteiger partial charge < -0.3 is 10.2 Å². The normalized spacial score (nSPS) is 22.2. The molecule has 19 heavy (non-hydrogen) atoms. The van der Waals surface area contributed by atoms with Crippen molar-refractivity contribution >= 4 is 11.6 Å². The summed E-state index contributed by atoms with van der Waals surface area (Å²) in [7, 11) is 0. The molecule has 3 heteroatoms. The predicted octanol–water partition coefficient (Wildman–Crippen LogP) is 2.74. The van der Waals surface area contributed by atoms with Crippen LogP contribution in [0.5, 0.6) is 0 Å². The van der Waals surface area contributed by atoms with Crippen LogP contribution in [-0.2, 0) is 4.79 Å². The molecular weight excluding hydrogens is 236 g/mol. The third-order valence-corrected chi connectivity index (χ3v) is 3.87. The van der Waals surface area contributed by atoms with Crippen LogP contribution in [0.1, 0.15) is 33.3 Å². The van der Waals surface area contributed by atoms with Gasteiger partial charge in [0.2, 0.25) is 5.91 Å². The molecular formula is C16H24N2O. The number of aryl methyl sites for hydroxylation is 1. The van der Waals surface area contributed by atoms with Crippen molar-refractivity contribution in [2.24, 2.45) is 5.41 Å². The number of anilines is 1. The molecule has 1 saturated heterocycles. The van der Waals surface area contributed by atoms with Crippen molar-refractivity contribution < 1.29 is 4.79 Å². The fourth-order valence-electron chi connectivity index (χ4n) is 2.66. The van der Waals surface area contributed by atoms with Crippen molar-refractivity contribution in [2.75, 3.05) is 18.0 Å². The van der Waals surface area contributed by atoms with Gasteiger partial charge in [-0.15, -0.1) is 0 Å². The van der Waals surface area contributed by atoms with Crippen LogP contribution in [0.2, 0.25) is 0 Å².